The Hall–Kier alpha value is -2.15. The van der Waals surface area contributed by atoms with E-state index in [1.807, 2.05) is 0 Å². The van der Waals surface area contributed by atoms with Crippen molar-refractivity contribution in [2.45, 2.75) is 12.5 Å². The van der Waals surface area contributed by atoms with Crippen molar-refractivity contribution in [3.63, 3.8) is 0 Å². The fraction of sp³-hybridized carbons (Fsp3) is 0.385. The average molecular weight is 283 g/mol. The van der Waals surface area contributed by atoms with Gasteiger partial charge in [0, 0.05) is 13.1 Å². The van der Waals surface area contributed by atoms with Gasteiger partial charge in [-0.2, -0.15) is 0 Å². The van der Waals surface area contributed by atoms with E-state index in [1.165, 1.54) is 17.0 Å². The first-order valence-corrected chi connectivity index (χ1v) is 6.09. The minimum atomic E-state index is -1.03. The molecule has 0 aromatic heterocycles. The van der Waals surface area contributed by atoms with Crippen LogP contribution < -0.4 is 0 Å². The second kappa shape index (κ2) is 5.87. The largest absolute Gasteiger partial charge is 0.507 e. The van der Waals surface area contributed by atoms with Crippen LogP contribution in [0.4, 0.5) is 4.39 Å². The van der Waals surface area contributed by atoms with Gasteiger partial charge in [-0.1, -0.05) is 6.07 Å². The SMILES string of the molecule is O=C(O)CC1CN(C(=O)c2c(O)cccc2F)CCO1. The molecule has 1 atom stereocenters. The van der Waals surface area contributed by atoms with E-state index in [2.05, 4.69) is 0 Å². The molecule has 1 unspecified atom stereocenters. The van der Waals surface area contributed by atoms with Crippen LogP contribution in [0.5, 0.6) is 5.75 Å². The maximum absolute atomic E-state index is 13.6. The summed E-state index contributed by atoms with van der Waals surface area (Å²) in [6.07, 6.45) is -0.855. The van der Waals surface area contributed by atoms with Crippen LogP contribution in [0.25, 0.3) is 0 Å². The molecule has 1 aromatic carbocycles. The fourth-order valence-electron chi connectivity index (χ4n) is 2.10. The molecule has 1 fully saturated rings. The van der Waals surface area contributed by atoms with Crippen LogP contribution in [0, 0.1) is 5.82 Å². The Morgan fingerprint density at radius 3 is 2.85 bits per heavy atom. The van der Waals surface area contributed by atoms with Gasteiger partial charge in [-0.25, -0.2) is 4.39 Å². The van der Waals surface area contributed by atoms with Crippen molar-refractivity contribution in [1.82, 2.24) is 4.90 Å². The first kappa shape index (κ1) is 14.3. The summed E-state index contributed by atoms with van der Waals surface area (Å²) < 4.78 is 18.9. The summed E-state index contributed by atoms with van der Waals surface area (Å²) >= 11 is 0. The van der Waals surface area contributed by atoms with Gasteiger partial charge >= 0.3 is 5.97 Å². The average Bonchev–Trinajstić information content (AvgIpc) is 2.38. The van der Waals surface area contributed by atoms with Gasteiger partial charge in [0.1, 0.15) is 17.1 Å². The predicted octanol–water partition coefficient (Wildman–Crippen LogP) is 0.847. The monoisotopic (exact) mass is 283 g/mol. The summed E-state index contributed by atoms with van der Waals surface area (Å²) in [5.41, 5.74) is -0.400. The maximum Gasteiger partial charge on any atom is 0.306 e. The second-order valence-electron chi connectivity index (χ2n) is 4.48. The first-order chi connectivity index (χ1) is 9.49. The Kier molecular flexibility index (Phi) is 4.19. The number of carboxylic acids is 1. The van der Waals surface area contributed by atoms with Gasteiger partial charge < -0.3 is 19.8 Å². The zero-order chi connectivity index (χ0) is 14.7. The lowest BCUT2D eigenvalue weighted by Crippen LogP contribution is -2.46. The molecule has 1 aromatic rings. The van der Waals surface area contributed by atoms with E-state index in [0.717, 1.165) is 6.07 Å². The molecule has 1 saturated heterocycles. The lowest BCUT2D eigenvalue weighted by Gasteiger charge is -2.32. The van der Waals surface area contributed by atoms with E-state index in [1.54, 1.807) is 0 Å². The third-order valence-corrected chi connectivity index (χ3v) is 3.03. The molecule has 0 aliphatic carbocycles. The summed E-state index contributed by atoms with van der Waals surface area (Å²) in [7, 11) is 0. The zero-order valence-electron chi connectivity index (χ0n) is 10.6. The molecule has 6 nitrogen and oxygen atoms in total. The molecule has 7 heteroatoms. The topological polar surface area (TPSA) is 87.1 Å². The highest BCUT2D eigenvalue weighted by Gasteiger charge is 2.29. The fourth-order valence-corrected chi connectivity index (χ4v) is 2.10. The van der Waals surface area contributed by atoms with Crippen molar-refractivity contribution in [2.75, 3.05) is 19.7 Å². The van der Waals surface area contributed by atoms with Crippen LogP contribution in [0.3, 0.4) is 0 Å². The van der Waals surface area contributed by atoms with Gasteiger partial charge in [-0.05, 0) is 12.1 Å². The molecular formula is C13H14FNO5. The van der Waals surface area contributed by atoms with Gasteiger partial charge in [0.15, 0.2) is 0 Å². The number of carboxylic acid groups (broad SMARTS) is 1. The van der Waals surface area contributed by atoms with Crippen molar-refractivity contribution in [3.8, 4) is 5.75 Å². The van der Waals surface area contributed by atoms with Crippen molar-refractivity contribution in [1.29, 1.82) is 0 Å². The number of carbonyl (C=O) groups excluding carboxylic acids is 1. The molecule has 2 rings (SSSR count). The molecule has 2 N–H and O–H groups in total. The van der Waals surface area contributed by atoms with Crippen molar-refractivity contribution >= 4 is 11.9 Å². The number of rotatable bonds is 3. The number of nitrogens with zero attached hydrogens (tertiary/aromatic N) is 1. The minimum Gasteiger partial charge on any atom is -0.507 e. The standard InChI is InChI=1S/C13H14FNO5/c14-9-2-1-3-10(16)12(9)13(19)15-4-5-20-8(7-15)6-11(17)18/h1-3,8,16H,4-7H2,(H,17,18). The second-order valence-corrected chi connectivity index (χ2v) is 4.48. The number of benzene rings is 1. The summed E-state index contributed by atoms with van der Waals surface area (Å²) in [6.45, 7) is 0.459. The summed E-state index contributed by atoms with van der Waals surface area (Å²) in [4.78, 5) is 24.1. The van der Waals surface area contributed by atoms with Crippen molar-refractivity contribution in [3.05, 3.63) is 29.6 Å². The van der Waals surface area contributed by atoms with Crippen LogP contribution in [0.1, 0.15) is 16.8 Å². The van der Waals surface area contributed by atoms with Gasteiger partial charge in [0.05, 0.1) is 19.1 Å². The number of hydrogen-bond acceptors (Lipinski definition) is 4. The van der Waals surface area contributed by atoms with Crippen LogP contribution in [-0.4, -0.2) is 52.8 Å². The maximum atomic E-state index is 13.6. The highest BCUT2D eigenvalue weighted by atomic mass is 19.1. The van der Waals surface area contributed by atoms with Crippen LogP contribution in [0.15, 0.2) is 18.2 Å². The Morgan fingerprint density at radius 2 is 2.20 bits per heavy atom. The molecule has 0 saturated carbocycles. The Balaban J connectivity index is 2.14. The van der Waals surface area contributed by atoms with Gasteiger partial charge in [0.2, 0.25) is 0 Å². The third-order valence-electron chi connectivity index (χ3n) is 3.03. The molecule has 108 valence electrons. The molecule has 1 amide bonds. The molecule has 1 heterocycles. The van der Waals surface area contributed by atoms with E-state index in [4.69, 9.17) is 9.84 Å². The molecule has 1 aliphatic heterocycles. The lowest BCUT2D eigenvalue weighted by atomic mass is 10.1. The third kappa shape index (κ3) is 3.05. The quantitative estimate of drug-likeness (QED) is 0.858. The van der Waals surface area contributed by atoms with Gasteiger partial charge in [-0.3, -0.25) is 9.59 Å². The number of phenolic OH excluding ortho intramolecular Hbond substituents is 1. The number of phenols is 1. The lowest BCUT2D eigenvalue weighted by molar-refractivity contribution is -0.141. The Morgan fingerprint density at radius 1 is 1.45 bits per heavy atom. The normalized spacial score (nSPS) is 18.9. The molecule has 0 spiro atoms. The number of hydrogen-bond donors (Lipinski definition) is 2. The molecule has 1 aliphatic rings. The highest BCUT2D eigenvalue weighted by molar-refractivity contribution is 5.97. The summed E-state index contributed by atoms with van der Waals surface area (Å²) in [6, 6.07) is 3.61. The number of morpholine rings is 1. The highest BCUT2D eigenvalue weighted by Crippen LogP contribution is 2.23. The molecule has 0 bridgehead atoms. The van der Waals surface area contributed by atoms with Crippen molar-refractivity contribution in [2.24, 2.45) is 0 Å². The van der Waals surface area contributed by atoms with Gasteiger partial charge in [-0.15, -0.1) is 0 Å². The first-order valence-electron chi connectivity index (χ1n) is 6.09. The number of carbonyl (C=O) groups is 2. The van der Waals surface area contributed by atoms with Crippen LogP contribution >= 0.6 is 0 Å². The molecule has 0 radical (unpaired) electrons. The summed E-state index contributed by atoms with van der Waals surface area (Å²) in [5, 5.41) is 18.3. The van der Waals surface area contributed by atoms with Crippen molar-refractivity contribution < 1.29 is 28.9 Å². The Bertz CT molecular complexity index is 513. The Labute approximate surface area is 114 Å². The summed E-state index contributed by atoms with van der Waals surface area (Å²) in [5.74, 6) is -2.94. The van der Waals surface area contributed by atoms with E-state index < -0.39 is 35.1 Å². The van der Waals surface area contributed by atoms with E-state index in [-0.39, 0.29) is 26.1 Å². The van der Waals surface area contributed by atoms with E-state index >= 15 is 0 Å². The zero-order valence-corrected chi connectivity index (χ0v) is 10.6. The predicted molar refractivity (Wildman–Crippen MR) is 66.0 cm³/mol. The number of amides is 1. The molecular weight excluding hydrogens is 269 g/mol. The number of aromatic hydroxyl groups is 1. The van der Waals surface area contributed by atoms with Gasteiger partial charge in [0.25, 0.3) is 5.91 Å². The van der Waals surface area contributed by atoms with E-state index in [0.29, 0.717) is 0 Å². The molecule has 20 heavy (non-hydrogen) atoms. The van der Waals surface area contributed by atoms with Crippen LogP contribution in [0.2, 0.25) is 0 Å². The van der Waals surface area contributed by atoms with E-state index in [9.17, 15) is 19.1 Å². The van der Waals surface area contributed by atoms with Crippen LogP contribution in [-0.2, 0) is 9.53 Å². The number of aliphatic carboxylic acids is 1. The number of ether oxygens (including phenoxy) is 1. The smallest absolute Gasteiger partial charge is 0.306 e. The minimum absolute atomic E-state index is 0.0545. The number of halogens is 1.